The molecule has 0 saturated heterocycles. The Morgan fingerprint density at radius 3 is 2.88 bits per heavy atom. The van der Waals surface area contributed by atoms with Gasteiger partial charge in [-0.05, 0) is 18.5 Å². The summed E-state index contributed by atoms with van der Waals surface area (Å²) in [7, 11) is 0. The second-order valence-corrected chi connectivity index (χ2v) is 3.27. The zero-order chi connectivity index (χ0) is 12.1. The number of nitrogens with zero attached hydrogens (tertiary/aromatic N) is 2. The summed E-state index contributed by atoms with van der Waals surface area (Å²) in [4.78, 5) is 18.1. The number of amides is 1. The molecule has 88 valence electrons. The van der Waals surface area contributed by atoms with Gasteiger partial charge in [0.15, 0.2) is 5.82 Å². The monoisotopic (exact) mass is 245 g/mol. The van der Waals surface area contributed by atoms with Crippen LogP contribution in [0.3, 0.4) is 0 Å². The standard InChI is InChI=1S/C8H12ClN5O2/c1-4-5(10)6(14-7(9)13-4)12-2-3-16-8(11)15/h2-3,10H2,1H3,(H2,11,15)(H,12,13,14). The molecule has 0 fully saturated rings. The van der Waals surface area contributed by atoms with Gasteiger partial charge in [0.2, 0.25) is 5.28 Å². The average molecular weight is 246 g/mol. The third-order valence-corrected chi connectivity index (χ3v) is 1.92. The SMILES string of the molecule is Cc1nc(Cl)nc(NCCOC(N)=O)c1N. The number of carbonyl (C=O) groups is 1. The van der Waals surface area contributed by atoms with E-state index in [2.05, 4.69) is 20.0 Å². The molecule has 0 bridgehead atoms. The second-order valence-electron chi connectivity index (χ2n) is 2.93. The maximum Gasteiger partial charge on any atom is 0.404 e. The van der Waals surface area contributed by atoms with Crippen molar-refractivity contribution in [2.24, 2.45) is 5.73 Å². The molecule has 16 heavy (non-hydrogen) atoms. The minimum Gasteiger partial charge on any atom is -0.448 e. The molecule has 0 aliphatic carbocycles. The van der Waals surface area contributed by atoms with Crippen LogP contribution in [-0.4, -0.2) is 29.2 Å². The number of halogens is 1. The molecular weight excluding hydrogens is 234 g/mol. The molecule has 0 aliphatic heterocycles. The van der Waals surface area contributed by atoms with Crippen LogP contribution in [0.1, 0.15) is 5.69 Å². The Morgan fingerprint density at radius 2 is 2.25 bits per heavy atom. The fourth-order valence-corrected chi connectivity index (χ4v) is 1.21. The van der Waals surface area contributed by atoms with Crippen molar-refractivity contribution in [3.8, 4) is 0 Å². The average Bonchev–Trinajstić information content (AvgIpc) is 2.19. The molecule has 0 atom stereocenters. The number of aromatic nitrogens is 2. The molecule has 0 unspecified atom stereocenters. The van der Waals surface area contributed by atoms with E-state index in [1.54, 1.807) is 6.92 Å². The molecule has 1 heterocycles. The highest BCUT2D eigenvalue weighted by molar-refractivity contribution is 6.28. The van der Waals surface area contributed by atoms with E-state index in [4.69, 9.17) is 23.1 Å². The first-order chi connectivity index (χ1) is 7.50. The van der Waals surface area contributed by atoms with Crippen LogP contribution >= 0.6 is 11.6 Å². The molecule has 0 aliphatic rings. The minimum atomic E-state index is -0.827. The smallest absolute Gasteiger partial charge is 0.404 e. The Labute approximate surface area is 97.1 Å². The van der Waals surface area contributed by atoms with Crippen LogP contribution in [0.25, 0.3) is 0 Å². The van der Waals surface area contributed by atoms with Crippen molar-refractivity contribution in [3.05, 3.63) is 11.0 Å². The van der Waals surface area contributed by atoms with Crippen molar-refractivity contribution in [2.75, 3.05) is 24.2 Å². The van der Waals surface area contributed by atoms with Gasteiger partial charge < -0.3 is 21.5 Å². The van der Waals surface area contributed by atoms with E-state index >= 15 is 0 Å². The van der Waals surface area contributed by atoms with E-state index < -0.39 is 6.09 Å². The highest BCUT2D eigenvalue weighted by atomic mass is 35.5. The van der Waals surface area contributed by atoms with Gasteiger partial charge >= 0.3 is 6.09 Å². The number of nitrogens with two attached hydrogens (primary N) is 2. The molecule has 1 rings (SSSR count). The number of hydrogen-bond donors (Lipinski definition) is 3. The number of anilines is 2. The molecule has 0 radical (unpaired) electrons. The molecule has 1 aromatic rings. The van der Waals surface area contributed by atoms with Gasteiger partial charge in [-0.1, -0.05) is 0 Å². The highest BCUT2D eigenvalue weighted by Gasteiger charge is 2.06. The largest absolute Gasteiger partial charge is 0.448 e. The summed E-state index contributed by atoms with van der Waals surface area (Å²) < 4.78 is 4.52. The Balaban J connectivity index is 2.57. The number of primary amides is 1. The molecule has 0 aromatic carbocycles. The van der Waals surface area contributed by atoms with Gasteiger partial charge in [-0.3, -0.25) is 0 Å². The van der Waals surface area contributed by atoms with Crippen molar-refractivity contribution < 1.29 is 9.53 Å². The fourth-order valence-electron chi connectivity index (χ4n) is 1.00. The predicted molar refractivity (Wildman–Crippen MR) is 60.2 cm³/mol. The van der Waals surface area contributed by atoms with Crippen LogP contribution in [0.15, 0.2) is 0 Å². The lowest BCUT2D eigenvalue weighted by molar-refractivity contribution is 0.161. The summed E-state index contributed by atoms with van der Waals surface area (Å²) in [5.41, 5.74) is 11.5. The maximum absolute atomic E-state index is 10.3. The summed E-state index contributed by atoms with van der Waals surface area (Å²) in [6, 6.07) is 0. The lowest BCUT2D eigenvalue weighted by Crippen LogP contribution is -2.19. The summed E-state index contributed by atoms with van der Waals surface area (Å²) in [5.74, 6) is 0.408. The van der Waals surface area contributed by atoms with Gasteiger partial charge in [0.25, 0.3) is 0 Å². The topological polar surface area (TPSA) is 116 Å². The van der Waals surface area contributed by atoms with Crippen LogP contribution in [0, 0.1) is 6.92 Å². The zero-order valence-corrected chi connectivity index (χ0v) is 9.41. The summed E-state index contributed by atoms with van der Waals surface area (Å²) in [6.45, 7) is 2.17. The Bertz CT molecular complexity index is 398. The van der Waals surface area contributed by atoms with Crippen LogP contribution in [-0.2, 0) is 4.74 Å². The van der Waals surface area contributed by atoms with Crippen molar-refractivity contribution >= 4 is 29.2 Å². The lowest BCUT2D eigenvalue weighted by Gasteiger charge is -2.09. The minimum absolute atomic E-state index is 0.102. The van der Waals surface area contributed by atoms with Crippen LogP contribution in [0.2, 0.25) is 5.28 Å². The molecule has 8 heteroatoms. The van der Waals surface area contributed by atoms with Crippen molar-refractivity contribution in [1.29, 1.82) is 0 Å². The number of carbonyl (C=O) groups excluding carboxylic acids is 1. The Morgan fingerprint density at radius 1 is 1.56 bits per heavy atom. The first kappa shape index (κ1) is 12.3. The first-order valence-corrected chi connectivity index (χ1v) is 4.84. The number of ether oxygens (including phenoxy) is 1. The summed E-state index contributed by atoms with van der Waals surface area (Å²) in [5, 5.41) is 2.96. The lowest BCUT2D eigenvalue weighted by atomic mass is 10.3. The van der Waals surface area contributed by atoms with Crippen LogP contribution in [0.5, 0.6) is 0 Å². The van der Waals surface area contributed by atoms with Crippen molar-refractivity contribution in [1.82, 2.24) is 9.97 Å². The Kier molecular flexibility index (Phi) is 4.12. The van der Waals surface area contributed by atoms with Crippen LogP contribution < -0.4 is 16.8 Å². The molecule has 7 nitrogen and oxygen atoms in total. The number of nitrogens with one attached hydrogen (secondary N) is 1. The van der Waals surface area contributed by atoms with Gasteiger partial charge in [-0.25, -0.2) is 9.78 Å². The van der Waals surface area contributed by atoms with Gasteiger partial charge in [0.1, 0.15) is 6.61 Å². The van der Waals surface area contributed by atoms with Crippen molar-refractivity contribution in [2.45, 2.75) is 6.92 Å². The third kappa shape index (κ3) is 3.43. The van der Waals surface area contributed by atoms with E-state index in [0.717, 1.165) is 0 Å². The molecule has 0 spiro atoms. The number of aryl methyl sites for hydroxylation is 1. The molecular formula is C8H12ClN5O2. The predicted octanol–water partition coefficient (Wildman–Crippen LogP) is 0.528. The quantitative estimate of drug-likeness (QED) is 0.526. The van der Waals surface area contributed by atoms with E-state index in [9.17, 15) is 4.79 Å². The van der Waals surface area contributed by atoms with Crippen LogP contribution in [0.4, 0.5) is 16.3 Å². The number of nitrogen functional groups attached to an aromatic ring is 1. The first-order valence-electron chi connectivity index (χ1n) is 4.46. The van der Waals surface area contributed by atoms with Gasteiger partial charge in [-0.15, -0.1) is 0 Å². The van der Waals surface area contributed by atoms with Gasteiger partial charge in [-0.2, -0.15) is 4.98 Å². The normalized spacial score (nSPS) is 9.88. The van der Waals surface area contributed by atoms with E-state index in [1.807, 2.05) is 0 Å². The number of rotatable bonds is 4. The molecule has 0 saturated carbocycles. The van der Waals surface area contributed by atoms with Crippen molar-refractivity contribution in [3.63, 3.8) is 0 Å². The Hall–Kier alpha value is -1.76. The summed E-state index contributed by atoms with van der Waals surface area (Å²) >= 11 is 5.66. The zero-order valence-electron chi connectivity index (χ0n) is 8.66. The molecule has 1 aromatic heterocycles. The maximum atomic E-state index is 10.3. The number of hydrogen-bond acceptors (Lipinski definition) is 6. The highest BCUT2D eigenvalue weighted by Crippen LogP contribution is 2.19. The molecule has 1 amide bonds. The molecule has 5 N–H and O–H groups in total. The fraction of sp³-hybridized carbons (Fsp3) is 0.375. The van der Waals surface area contributed by atoms with E-state index in [0.29, 0.717) is 23.7 Å². The van der Waals surface area contributed by atoms with Gasteiger partial charge in [0.05, 0.1) is 17.9 Å². The third-order valence-electron chi connectivity index (χ3n) is 1.75. The second kappa shape index (κ2) is 5.36. The van der Waals surface area contributed by atoms with E-state index in [1.165, 1.54) is 0 Å². The summed E-state index contributed by atoms with van der Waals surface area (Å²) in [6.07, 6.45) is -0.827. The van der Waals surface area contributed by atoms with E-state index in [-0.39, 0.29) is 11.9 Å². The van der Waals surface area contributed by atoms with Gasteiger partial charge in [0, 0.05) is 0 Å².